The molecule has 0 aliphatic rings. The molecule has 5 heteroatoms. The predicted octanol–water partition coefficient (Wildman–Crippen LogP) is 4.15. The van der Waals surface area contributed by atoms with E-state index in [9.17, 15) is 5.11 Å². The number of aliphatic hydroxyl groups excluding tert-OH is 1. The van der Waals surface area contributed by atoms with Crippen molar-refractivity contribution >= 4 is 28.9 Å². The maximum absolute atomic E-state index is 9.56. The third kappa shape index (κ3) is 3.57. The number of aliphatic hydroxyl groups is 1. The molecule has 3 nitrogen and oxygen atoms in total. The average molecular weight is 312 g/mol. The molecule has 106 valence electrons. The normalized spacial score (nSPS) is 12.0. The lowest BCUT2D eigenvalue weighted by molar-refractivity contribution is 0.276. The number of hydrogen-bond donors (Lipinski definition) is 2. The summed E-state index contributed by atoms with van der Waals surface area (Å²) in [6.45, 7) is -0.0760. The van der Waals surface area contributed by atoms with Crippen LogP contribution in [0.4, 0.5) is 5.69 Å². The van der Waals surface area contributed by atoms with E-state index >= 15 is 0 Å². The molecule has 0 aromatic heterocycles. The number of anilines is 1. The van der Waals surface area contributed by atoms with Crippen LogP contribution in [-0.2, 0) is 0 Å². The van der Waals surface area contributed by atoms with Crippen molar-refractivity contribution in [3.8, 4) is 5.75 Å². The molecule has 1 unspecified atom stereocenters. The molecule has 0 spiro atoms. The van der Waals surface area contributed by atoms with Gasteiger partial charge < -0.3 is 15.2 Å². The maximum Gasteiger partial charge on any atom is 0.119 e. The van der Waals surface area contributed by atoms with Crippen molar-refractivity contribution in [2.45, 2.75) is 6.04 Å². The highest BCUT2D eigenvalue weighted by molar-refractivity contribution is 6.35. The third-order valence-corrected chi connectivity index (χ3v) is 3.51. The van der Waals surface area contributed by atoms with E-state index in [1.165, 1.54) is 0 Å². The van der Waals surface area contributed by atoms with Gasteiger partial charge in [-0.3, -0.25) is 0 Å². The standard InChI is InChI=1S/C15H15Cl2NO2/c1-20-12-5-3-11(4-6-12)18-15(9-19)13-7-2-10(16)8-14(13)17/h2-8,15,18-19H,9H2,1H3. The molecular formula is C15H15Cl2NO2. The number of halogens is 2. The molecule has 2 aromatic rings. The highest BCUT2D eigenvalue weighted by Gasteiger charge is 2.14. The van der Waals surface area contributed by atoms with Gasteiger partial charge in [-0.25, -0.2) is 0 Å². The first-order valence-corrected chi connectivity index (χ1v) is 6.86. The molecule has 20 heavy (non-hydrogen) atoms. The van der Waals surface area contributed by atoms with Gasteiger partial charge in [0.1, 0.15) is 5.75 Å². The van der Waals surface area contributed by atoms with E-state index in [0.29, 0.717) is 10.0 Å². The Labute approximate surface area is 128 Å². The molecule has 1 atom stereocenters. The van der Waals surface area contributed by atoms with E-state index in [-0.39, 0.29) is 12.6 Å². The first kappa shape index (κ1) is 15.0. The Morgan fingerprint density at radius 3 is 2.40 bits per heavy atom. The Hall–Kier alpha value is -1.42. The smallest absolute Gasteiger partial charge is 0.119 e. The SMILES string of the molecule is COc1ccc(NC(CO)c2ccc(Cl)cc2Cl)cc1. The fraction of sp³-hybridized carbons (Fsp3) is 0.200. The number of nitrogens with one attached hydrogen (secondary N) is 1. The van der Waals surface area contributed by atoms with Gasteiger partial charge in [0.2, 0.25) is 0 Å². The molecule has 0 saturated heterocycles. The zero-order valence-corrected chi connectivity index (χ0v) is 12.4. The predicted molar refractivity (Wildman–Crippen MR) is 82.9 cm³/mol. The second-order valence-electron chi connectivity index (χ2n) is 4.27. The van der Waals surface area contributed by atoms with Crippen LogP contribution >= 0.6 is 23.2 Å². The van der Waals surface area contributed by atoms with E-state index in [0.717, 1.165) is 17.0 Å². The van der Waals surface area contributed by atoms with Crippen LogP contribution in [0.25, 0.3) is 0 Å². The molecule has 2 rings (SSSR count). The van der Waals surface area contributed by atoms with Gasteiger partial charge in [0.15, 0.2) is 0 Å². The quantitative estimate of drug-likeness (QED) is 0.871. The fourth-order valence-electron chi connectivity index (χ4n) is 1.89. The average Bonchev–Trinajstić information content (AvgIpc) is 2.46. The van der Waals surface area contributed by atoms with Gasteiger partial charge in [0.05, 0.1) is 19.8 Å². The lowest BCUT2D eigenvalue weighted by atomic mass is 10.1. The Bertz CT molecular complexity index is 573. The highest BCUT2D eigenvalue weighted by atomic mass is 35.5. The van der Waals surface area contributed by atoms with Crippen molar-refractivity contribution in [2.24, 2.45) is 0 Å². The minimum absolute atomic E-state index is 0.0760. The molecule has 0 bridgehead atoms. The largest absolute Gasteiger partial charge is 0.497 e. The summed E-state index contributed by atoms with van der Waals surface area (Å²) in [4.78, 5) is 0. The van der Waals surface area contributed by atoms with E-state index in [1.807, 2.05) is 30.3 Å². The van der Waals surface area contributed by atoms with Crippen LogP contribution < -0.4 is 10.1 Å². The summed E-state index contributed by atoms with van der Waals surface area (Å²) in [7, 11) is 1.62. The minimum atomic E-state index is -0.298. The zero-order valence-electron chi connectivity index (χ0n) is 10.9. The summed E-state index contributed by atoms with van der Waals surface area (Å²) in [5, 5.41) is 13.9. The van der Waals surface area contributed by atoms with E-state index in [4.69, 9.17) is 27.9 Å². The third-order valence-electron chi connectivity index (χ3n) is 2.95. The number of benzene rings is 2. The van der Waals surface area contributed by atoms with Gasteiger partial charge in [-0.05, 0) is 42.0 Å². The summed E-state index contributed by atoms with van der Waals surface area (Å²) in [6.07, 6.45) is 0. The molecule has 0 aliphatic carbocycles. The van der Waals surface area contributed by atoms with Crippen molar-refractivity contribution < 1.29 is 9.84 Å². The fourth-order valence-corrected chi connectivity index (χ4v) is 2.43. The van der Waals surface area contributed by atoms with Crippen LogP contribution in [0.1, 0.15) is 11.6 Å². The van der Waals surface area contributed by atoms with Gasteiger partial charge in [0, 0.05) is 15.7 Å². The van der Waals surface area contributed by atoms with E-state index in [1.54, 1.807) is 19.2 Å². The zero-order chi connectivity index (χ0) is 14.5. The lowest BCUT2D eigenvalue weighted by Crippen LogP contribution is -2.15. The van der Waals surface area contributed by atoms with Crippen LogP contribution in [0.2, 0.25) is 10.0 Å². The lowest BCUT2D eigenvalue weighted by Gasteiger charge is -2.19. The molecular weight excluding hydrogens is 297 g/mol. The van der Waals surface area contributed by atoms with Gasteiger partial charge in [-0.1, -0.05) is 29.3 Å². The van der Waals surface area contributed by atoms with Gasteiger partial charge in [-0.15, -0.1) is 0 Å². The second-order valence-corrected chi connectivity index (χ2v) is 5.12. The molecule has 0 saturated carbocycles. The van der Waals surface area contributed by atoms with Crippen molar-refractivity contribution in [3.63, 3.8) is 0 Å². The number of methoxy groups -OCH3 is 1. The Morgan fingerprint density at radius 2 is 1.85 bits per heavy atom. The topological polar surface area (TPSA) is 41.5 Å². The molecule has 0 fully saturated rings. The summed E-state index contributed by atoms with van der Waals surface area (Å²) in [5.41, 5.74) is 1.67. The van der Waals surface area contributed by atoms with Gasteiger partial charge in [-0.2, -0.15) is 0 Å². The minimum Gasteiger partial charge on any atom is -0.497 e. The van der Waals surface area contributed by atoms with Crippen LogP contribution in [0.15, 0.2) is 42.5 Å². The van der Waals surface area contributed by atoms with E-state index in [2.05, 4.69) is 5.32 Å². The van der Waals surface area contributed by atoms with Crippen LogP contribution in [0.5, 0.6) is 5.75 Å². The van der Waals surface area contributed by atoms with Crippen molar-refractivity contribution in [1.82, 2.24) is 0 Å². The Balaban J connectivity index is 2.19. The maximum atomic E-state index is 9.56. The summed E-state index contributed by atoms with van der Waals surface area (Å²) in [5.74, 6) is 0.778. The Kier molecular flexibility index (Phi) is 5.12. The summed E-state index contributed by atoms with van der Waals surface area (Å²) >= 11 is 12.0. The molecule has 0 heterocycles. The van der Waals surface area contributed by atoms with Crippen molar-refractivity contribution in [1.29, 1.82) is 0 Å². The molecule has 2 N–H and O–H groups in total. The van der Waals surface area contributed by atoms with Crippen molar-refractivity contribution in [2.75, 3.05) is 19.0 Å². The van der Waals surface area contributed by atoms with Crippen molar-refractivity contribution in [3.05, 3.63) is 58.1 Å². The van der Waals surface area contributed by atoms with Crippen LogP contribution in [0.3, 0.4) is 0 Å². The van der Waals surface area contributed by atoms with E-state index < -0.39 is 0 Å². The van der Waals surface area contributed by atoms with Gasteiger partial charge >= 0.3 is 0 Å². The summed E-state index contributed by atoms with van der Waals surface area (Å²) < 4.78 is 5.10. The monoisotopic (exact) mass is 311 g/mol. The van der Waals surface area contributed by atoms with Crippen LogP contribution in [-0.4, -0.2) is 18.8 Å². The highest BCUT2D eigenvalue weighted by Crippen LogP contribution is 2.29. The molecule has 0 amide bonds. The van der Waals surface area contributed by atoms with Gasteiger partial charge in [0.25, 0.3) is 0 Å². The first-order valence-electron chi connectivity index (χ1n) is 6.10. The molecule has 0 radical (unpaired) electrons. The first-order chi connectivity index (χ1) is 9.63. The molecule has 2 aromatic carbocycles. The second kappa shape index (κ2) is 6.84. The van der Waals surface area contributed by atoms with Crippen LogP contribution in [0, 0.1) is 0 Å². The summed E-state index contributed by atoms with van der Waals surface area (Å²) in [6, 6.07) is 12.4. The number of ether oxygens (including phenoxy) is 1. The molecule has 0 aliphatic heterocycles. The Morgan fingerprint density at radius 1 is 1.15 bits per heavy atom. The number of rotatable bonds is 5. The number of hydrogen-bond acceptors (Lipinski definition) is 3.